The predicted octanol–water partition coefficient (Wildman–Crippen LogP) is 3.99. The number of carbonyl (C=O) groups excluding carboxylic acids is 1. The number of aromatic hydroxyl groups is 1. The molecule has 2 rings (SSSR count). The van der Waals surface area contributed by atoms with Crippen molar-refractivity contribution in [1.82, 2.24) is 10.3 Å². The third-order valence-corrected chi connectivity index (χ3v) is 4.17. The van der Waals surface area contributed by atoms with Crippen molar-refractivity contribution in [2.45, 2.75) is 47.0 Å². The molecular formula is C19H28N2O2. The van der Waals surface area contributed by atoms with E-state index in [0.29, 0.717) is 6.54 Å². The van der Waals surface area contributed by atoms with Crippen LogP contribution in [0.3, 0.4) is 0 Å². The van der Waals surface area contributed by atoms with Crippen LogP contribution in [0, 0.1) is 11.3 Å². The quantitative estimate of drug-likeness (QED) is 0.754. The normalized spacial score (nSPS) is 13.2. The molecule has 3 N–H and O–H groups in total. The first-order chi connectivity index (χ1) is 10.8. The van der Waals surface area contributed by atoms with Crippen molar-refractivity contribution in [1.29, 1.82) is 0 Å². The fourth-order valence-corrected chi connectivity index (χ4v) is 3.00. The van der Waals surface area contributed by atoms with Gasteiger partial charge in [0.1, 0.15) is 5.75 Å². The van der Waals surface area contributed by atoms with Gasteiger partial charge in [-0.05, 0) is 48.4 Å². The fourth-order valence-electron chi connectivity index (χ4n) is 3.00. The van der Waals surface area contributed by atoms with E-state index in [-0.39, 0.29) is 23.0 Å². The largest absolute Gasteiger partial charge is 0.508 e. The second-order valence-electron chi connectivity index (χ2n) is 7.45. The summed E-state index contributed by atoms with van der Waals surface area (Å²) in [7, 11) is 0. The second kappa shape index (κ2) is 7.07. The number of phenols is 1. The Morgan fingerprint density at radius 2 is 2.09 bits per heavy atom. The van der Waals surface area contributed by atoms with Crippen LogP contribution in [0.4, 0.5) is 0 Å². The molecule has 0 aliphatic heterocycles. The first kappa shape index (κ1) is 17.4. The number of aromatic nitrogens is 1. The van der Waals surface area contributed by atoms with Crippen LogP contribution < -0.4 is 5.32 Å². The fraction of sp³-hybridized carbons (Fsp3) is 0.526. The van der Waals surface area contributed by atoms with E-state index >= 15 is 0 Å². The summed E-state index contributed by atoms with van der Waals surface area (Å²) in [6, 6.07) is 5.30. The zero-order chi connectivity index (χ0) is 17.0. The van der Waals surface area contributed by atoms with Gasteiger partial charge in [0.25, 0.3) is 0 Å². The van der Waals surface area contributed by atoms with Crippen LogP contribution in [0.5, 0.6) is 5.75 Å². The number of nitrogens with one attached hydrogen (secondary N) is 2. The van der Waals surface area contributed by atoms with Gasteiger partial charge in [-0.25, -0.2) is 0 Å². The molecule has 4 nitrogen and oxygen atoms in total. The monoisotopic (exact) mass is 316 g/mol. The SMILES string of the molecule is CCC(CC(C)(C)C)C(=O)NCCc1c[nH]c2ccc(O)cc12. The highest BCUT2D eigenvalue weighted by Gasteiger charge is 2.23. The van der Waals surface area contributed by atoms with Crippen molar-refractivity contribution in [2.24, 2.45) is 11.3 Å². The van der Waals surface area contributed by atoms with Gasteiger partial charge >= 0.3 is 0 Å². The number of rotatable bonds is 6. The molecule has 1 heterocycles. The third-order valence-electron chi connectivity index (χ3n) is 4.17. The number of aromatic amines is 1. The Labute approximate surface area is 138 Å². The number of amides is 1. The van der Waals surface area contributed by atoms with Crippen molar-refractivity contribution >= 4 is 16.8 Å². The summed E-state index contributed by atoms with van der Waals surface area (Å²) in [6.07, 6.45) is 4.46. The average molecular weight is 316 g/mol. The number of hydrogen-bond acceptors (Lipinski definition) is 2. The maximum absolute atomic E-state index is 12.3. The van der Waals surface area contributed by atoms with E-state index in [1.807, 2.05) is 12.3 Å². The van der Waals surface area contributed by atoms with Gasteiger partial charge in [0.05, 0.1) is 0 Å². The van der Waals surface area contributed by atoms with Crippen molar-refractivity contribution in [3.05, 3.63) is 30.0 Å². The summed E-state index contributed by atoms with van der Waals surface area (Å²) in [4.78, 5) is 15.5. The van der Waals surface area contributed by atoms with Crippen LogP contribution in [0.2, 0.25) is 0 Å². The molecule has 0 saturated carbocycles. The van der Waals surface area contributed by atoms with Gasteiger partial charge in [-0.15, -0.1) is 0 Å². The third kappa shape index (κ3) is 4.75. The Balaban J connectivity index is 1.93. The van der Waals surface area contributed by atoms with Crippen molar-refractivity contribution in [3.8, 4) is 5.75 Å². The highest BCUT2D eigenvalue weighted by Crippen LogP contribution is 2.26. The van der Waals surface area contributed by atoms with E-state index < -0.39 is 0 Å². The molecule has 1 aromatic carbocycles. The van der Waals surface area contributed by atoms with Crippen LogP contribution >= 0.6 is 0 Å². The van der Waals surface area contributed by atoms with Gasteiger partial charge in [0.2, 0.25) is 5.91 Å². The van der Waals surface area contributed by atoms with E-state index in [2.05, 4.69) is 38.0 Å². The van der Waals surface area contributed by atoms with E-state index in [0.717, 1.165) is 35.7 Å². The highest BCUT2D eigenvalue weighted by atomic mass is 16.3. The predicted molar refractivity (Wildman–Crippen MR) is 94.5 cm³/mol. The average Bonchev–Trinajstić information content (AvgIpc) is 2.86. The smallest absolute Gasteiger partial charge is 0.223 e. The minimum Gasteiger partial charge on any atom is -0.508 e. The van der Waals surface area contributed by atoms with Crippen molar-refractivity contribution < 1.29 is 9.90 Å². The molecular weight excluding hydrogens is 288 g/mol. The summed E-state index contributed by atoms with van der Waals surface area (Å²) in [5.41, 5.74) is 2.27. The van der Waals surface area contributed by atoms with E-state index in [9.17, 15) is 9.90 Å². The van der Waals surface area contributed by atoms with Crippen LogP contribution in [0.25, 0.3) is 10.9 Å². The first-order valence-electron chi connectivity index (χ1n) is 8.37. The Morgan fingerprint density at radius 3 is 2.74 bits per heavy atom. The lowest BCUT2D eigenvalue weighted by Crippen LogP contribution is -2.34. The zero-order valence-corrected chi connectivity index (χ0v) is 14.6. The number of fused-ring (bicyclic) bond motifs is 1. The molecule has 0 spiro atoms. The van der Waals surface area contributed by atoms with Gasteiger partial charge < -0.3 is 15.4 Å². The molecule has 0 aliphatic rings. The standard InChI is InChI=1S/C19H28N2O2/c1-5-13(11-19(2,3)4)18(23)20-9-8-14-12-21-17-7-6-15(22)10-16(14)17/h6-7,10,12-13,21-22H,5,8-9,11H2,1-4H3,(H,20,23). The number of phenolic OH excluding ortho intramolecular Hbond substituents is 1. The number of carbonyl (C=O) groups is 1. The molecule has 0 aliphatic carbocycles. The molecule has 0 saturated heterocycles. The van der Waals surface area contributed by atoms with Crippen LogP contribution in [0.15, 0.2) is 24.4 Å². The maximum Gasteiger partial charge on any atom is 0.223 e. The highest BCUT2D eigenvalue weighted by molar-refractivity contribution is 5.84. The van der Waals surface area contributed by atoms with Gasteiger partial charge in [-0.1, -0.05) is 27.7 Å². The van der Waals surface area contributed by atoms with Crippen molar-refractivity contribution in [2.75, 3.05) is 6.54 Å². The van der Waals surface area contributed by atoms with Crippen LogP contribution in [0.1, 0.15) is 46.1 Å². The molecule has 4 heteroatoms. The zero-order valence-electron chi connectivity index (χ0n) is 14.6. The molecule has 0 radical (unpaired) electrons. The molecule has 23 heavy (non-hydrogen) atoms. The van der Waals surface area contributed by atoms with E-state index in [4.69, 9.17) is 0 Å². The number of H-pyrrole nitrogens is 1. The number of benzene rings is 1. The topological polar surface area (TPSA) is 65.1 Å². The number of hydrogen-bond donors (Lipinski definition) is 3. The van der Waals surface area contributed by atoms with Crippen LogP contribution in [-0.4, -0.2) is 22.5 Å². The Morgan fingerprint density at radius 1 is 1.35 bits per heavy atom. The molecule has 1 amide bonds. The molecule has 1 aromatic heterocycles. The molecule has 2 aromatic rings. The van der Waals surface area contributed by atoms with Crippen molar-refractivity contribution in [3.63, 3.8) is 0 Å². The van der Waals surface area contributed by atoms with Crippen LogP contribution in [-0.2, 0) is 11.2 Å². The molecule has 1 unspecified atom stereocenters. The molecule has 0 fully saturated rings. The molecule has 126 valence electrons. The van der Waals surface area contributed by atoms with E-state index in [1.165, 1.54) is 0 Å². The Hall–Kier alpha value is -1.97. The lowest BCUT2D eigenvalue weighted by atomic mass is 9.83. The van der Waals surface area contributed by atoms with Gasteiger partial charge in [-0.3, -0.25) is 4.79 Å². The molecule has 0 bridgehead atoms. The lowest BCUT2D eigenvalue weighted by molar-refractivity contribution is -0.126. The second-order valence-corrected chi connectivity index (χ2v) is 7.45. The summed E-state index contributed by atoms with van der Waals surface area (Å²) in [5, 5.41) is 13.7. The molecule has 1 atom stereocenters. The first-order valence-corrected chi connectivity index (χ1v) is 8.37. The van der Waals surface area contributed by atoms with Gasteiger partial charge in [-0.2, -0.15) is 0 Å². The van der Waals surface area contributed by atoms with Gasteiger partial charge in [0.15, 0.2) is 0 Å². The summed E-state index contributed by atoms with van der Waals surface area (Å²) in [6.45, 7) is 9.19. The Kier molecular flexibility index (Phi) is 5.34. The Bertz CT molecular complexity index is 668. The maximum atomic E-state index is 12.3. The minimum atomic E-state index is 0.0713. The summed E-state index contributed by atoms with van der Waals surface area (Å²) in [5.74, 6) is 0.478. The summed E-state index contributed by atoms with van der Waals surface area (Å²) < 4.78 is 0. The summed E-state index contributed by atoms with van der Waals surface area (Å²) >= 11 is 0. The lowest BCUT2D eigenvalue weighted by Gasteiger charge is -2.24. The van der Waals surface area contributed by atoms with E-state index in [1.54, 1.807) is 12.1 Å². The minimum absolute atomic E-state index is 0.0713. The van der Waals surface area contributed by atoms with Gasteiger partial charge in [0, 0.05) is 29.6 Å².